The van der Waals surface area contributed by atoms with E-state index >= 15 is 0 Å². The molecular weight excluding hydrogens is 552 g/mol. The van der Waals surface area contributed by atoms with E-state index < -0.39 is 40.2 Å². The molecule has 0 saturated heterocycles. The number of ether oxygens (including phenoxy) is 1. The third kappa shape index (κ3) is 8.58. The number of thiocarbonyl (C=S) groups is 1. The molecule has 1 heterocycles. The maximum Gasteiger partial charge on any atom is 0.240 e. The van der Waals surface area contributed by atoms with Gasteiger partial charge in [0.05, 0.1) is 6.42 Å². The van der Waals surface area contributed by atoms with Crippen LogP contribution in [0.25, 0.3) is 0 Å². The van der Waals surface area contributed by atoms with E-state index in [-0.39, 0.29) is 34.7 Å². The molecule has 0 unspecified atom stereocenters. The molecule has 216 valence electrons. The number of carbonyl (C=O) groups excluding carboxylic acids is 3. The number of rotatable bonds is 6. The minimum Gasteiger partial charge on any atom is -0.436 e. The summed E-state index contributed by atoms with van der Waals surface area (Å²) in [6.07, 6.45) is 1.09. The van der Waals surface area contributed by atoms with Gasteiger partial charge < -0.3 is 15.4 Å². The molecule has 1 aromatic heterocycles. The zero-order valence-corrected chi connectivity index (χ0v) is 24.4. The molecule has 9 nitrogen and oxygen atoms in total. The third-order valence-electron chi connectivity index (χ3n) is 5.48. The Hall–Kier alpha value is -4.32. The topological polar surface area (TPSA) is 114 Å². The highest BCUT2D eigenvalue weighted by Crippen LogP contribution is 2.31. The Labute approximate surface area is 242 Å². The fourth-order valence-corrected chi connectivity index (χ4v) is 3.61. The van der Waals surface area contributed by atoms with Crippen LogP contribution in [-0.4, -0.2) is 32.8 Å². The fraction of sp³-hybridized carbons (Fsp3) is 0.310. The molecule has 3 amide bonds. The van der Waals surface area contributed by atoms with Crippen molar-refractivity contribution in [1.29, 1.82) is 0 Å². The molecule has 0 saturated carbocycles. The van der Waals surface area contributed by atoms with Gasteiger partial charge in [-0.3, -0.25) is 14.4 Å². The zero-order valence-electron chi connectivity index (χ0n) is 23.5. The molecule has 0 spiro atoms. The second-order valence-corrected chi connectivity index (χ2v) is 11.6. The number of nitrogens with zero attached hydrogens (tertiary/aromatic N) is 3. The van der Waals surface area contributed by atoms with Crippen LogP contribution in [0.15, 0.2) is 54.9 Å². The van der Waals surface area contributed by atoms with Crippen molar-refractivity contribution >= 4 is 46.6 Å². The first-order valence-corrected chi connectivity index (χ1v) is 13.0. The van der Waals surface area contributed by atoms with Gasteiger partial charge in [0.1, 0.15) is 18.0 Å². The number of hydrogen-bond acceptors (Lipinski definition) is 7. The van der Waals surface area contributed by atoms with Crippen LogP contribution in [-0.2, 0) is 20.8 Å². The largest absolute Gasteiger partial charge is 0.436 e. The molecule has 0 aliphatic rings. The van der Waals surface area contributed by atoms with E-state index in [1.54, 1.807) is 41.5 Å². The fourth-order valence-electron chi connectivity index (χ4n) is 3.37. The number of hydrogen-bond donors (Lipinski definition) is 2. The van der Waals surface area contributed by atoms with Crippen LogP contribution < -0.4 is 20.3 Å². The van der Waals surface area contributed by atoms with Gasteiger partial charge in [0, 0.05) is 28.7 Å². The van der Waals surface area contributed by atoms with Gasteiger partial charge in [0.2, 0.25) is 23.6 Å². The van der Waals surface area contributed by atoms with E-state index in [1.165, 1.54) is 42.5 Å². The first kappa shape index (κ1) is 31.2. The first-order valence-electron chi connectivity index (χ1n) is 12.6. The molecule has 2 aromatic carbocycles. The monoisotopic (exact) mass is 583 g/mol. The number of nitrogens with one attached hydrogen (secondary N) is 2. The lowest BCUT2D eigenvalue weighted by molar-refractivity contribution is -0.134. The number of imide groups is 1. The van der Waals surface area contributed by atoms with E-state index in [0.29, 0.717) is 5.56 Å². The Bertz CT molecular complexity index is 1440. The summed E-state index contributed by atoms with van der Waals surface area (Å²) in [5.74, 6) is -2.84. The van der Waals surface area contributed by atoms with Gasteiger partial charge >= 0.3 is 0 Å². The molecule has 0 aliphatic heterocycles. The standard InChI is InChI=1S/C29H31F2N5O4S/c1-28(2,3)25(38)36(26(39)29(4,5)6)22-15-24(33-16-32-22)40-21-12-11-19(14-20(21)31)34-27(41)35-23(37)13-17-7-9-18(30)10-8-17/h7-12,14-16H,13H2,1-6H3,(H2,34,35,37,41). The number of halogens is 2. The molecular formula is C29H31F2N5O4S. The summed E-state index contributed by atoms with van der Waals surface area (Å²) < 4.78 is 33.5. The average molecular weight is 584 g/mol. The summed E-state index contributed by atoms with van der Waals surface area (Å²) in [5, 5.41) is 5.13. The summed E-state index contributed by atoms with van der Waals surface area (Å²) >= 11 is 5.13. The van der Waals surface area contributed by atoms with Crippen LogP contribution in [0.4, 0.5) is 20.3 Å². The number of carbonyl (C=O) groups is 3. The number of anilines is 2. The van der Waals surface area contributed by atoms with E-state index in [2.05, 4.69) is 20.6 Å². The quantitative estimate of drug-likeness (QED) is 0.363. The number of benzene rings is 2. The SMILES string of the molecule is CC(C)(C)C(=O)N(C(=O)C(C)(C)C)c1cc(Oc2ccc(NC(=S)NC(=O)Cc3ccc(F)cc3)cc2F)ncn1. The molecule has 0 bridgehead atoms. The molecule has 0 radical (unpaired) electrons. The highest BCUT2D eigenvalue weighted by Gasteiger charge is 2.38. The van der Waals surface area contributed by atoms with Crippen molar-refractivity contribution in [3.63, 3.8) is 0 Å². The van der Waals surface area contributed by atoms with E-state index in [1.807, 2.05) is 0 Å². The van der Waals surface area contributed by atoms with Crippen LogP contribution in [0, 0.1) is 22.5 Å². The zero-order chi connectivity index (χ0) is 30.5. The van der Waals surface area contributed by atoms with Crippen molar-refractivity contribution in [1.82, 2.24) is 15.3 Å². The summed E-state index contributed by atoms with van der Waals surface area (Å²) in [5.41, 5.74) is -0.935. The lowest BCUT2D eigenvalue weighted by atomic mass is 9.90. The third-order valence-corrected chi connectivity index (χ3v) is 5.69. The predicted molar refractivity (Wildman–Crippen MR) is 154 cm³/mol. The van der Waals surface area contributed by atoms with E-state index in [4.69, 9.17) is 17.0 Å². The highest BCUT2D eigenvalue weighted by atomic mass is 32.1. The van der Waals surface area contributed by atoms with Crippen molar-refractivity contribution < 1.29 is 27.9 Å². The van der Waals surface area contributed by atoms with Gasteiger partial charge in [0.25, 0.3) is 0 Å². The minimum absolute atomic E-state index is 0.00438. The normalized spacial score (nSPS) is 11.4. The maximum absolute atomic E-state index is 14.9. The Kier molecular flexibility index (Phi) is 9.49. The second-order valence-electron chi connectivity index (χ2n) is 11.2. The summed E-state index contributed by atoms with van der Waals surface area (Å²) in [4.78, 5) is 47.6. The van der Waals surface area contributed by atoms with Crippen LogP contribution in [0.1, 0.15) is 47.1 Å². The van der Waals surface area contributed by atoms with Crippen LogP contribution in [0.5, 0.6) is 11.6 Å². The van der Waals surface area contributed by atoms with Crippen molar-refractivity contribution in [2.45, 2.75) is 48.0 Å². The summed E-state index contributed by atoms with van der Waals surface area (Å²) in [7, 11) is 0. The summed E-state index contributed by atoms with van der Waals surface area (Å²) in [6.45, 7) is 10.1. The Morgan fingerprint density at radius 3 is 2.07 bits per heavy atom. The van der Waals surface area contributed by atoms with Gasteiger partial charge in [0.15, 0.2) is 16.7 Å². The molecule has 3 rings (SSSR count). The Morgan fingerprint density at radius 2 is 1.51 bits per heavy atom. The average Bonchev–Trinajstić information content (AvgIpc) is 2.86. The number of aromatic nitrogens is 2. The molecule has 41 heavy (non-hydrogen) atoms. The molecule has 2 N–H and O–H groups in total. The Balaban J connectivity index is 1.71. The molecule has 0 fully saturated rings. The maximum atomic E-state index is 14.9. The summed E-state index contributed by atoms with van der Waals surface area (Å²) in [6, 6.07) is 10.7. The van der Waals surface area contributed by atoms with Gasteiger partial charge in [-0.1, -0.05) is 53.7 Å². The first-order chi connectivity index (χ1) is 19.0. The van der Waals surface area contributed by atoms with Crippen molar-refractivity contribution in [2.75, 3.05) is 10.2 Å². The minimum atomic E-state index is -0.886. The van der Waals surface area contributed by atoms with Gasteiger partial charge in [-0.2, -0.15) is 0 Å². The van der Waals surface area contributed by atoms with Crippen molar-refractivity contribution in [3.8, 4) is 11.6 Å². The predicted octanol–water partition coefficient (Wildman–Crippen LogP) is 5.55. The van der Waals surface area contributed by atoms with Gasteiger partial charge in [-0.25, -0.2) is 23.6 Å². The number of amides is 3. The molecule has 0 atom stereocenters. The molecule has 12 heteroatoms. The van der Waals surface area contributed by atoms with Crippen LogP contribution in [0.3, 0.4) is 0 Å². The van der Waals surface area contributed by atoms with Gasteiger partial charge in [-0.15, -0.1) is 0 Å². The highest BCUT2D eigenvalue weighted by molar-refractivity contribution is 7.80. The Morgan fingerprint density at radius 1 is 0.902 bits per heavy atom. The van der Waals surface area contributed by atoms with Crippen molar-refractivity contribution in [2.24, 2.45) is 10.8 Å². The van der Waals surface area contributed by atoms with E-state index in [9.17, 15) is 23.2 Å². The van der Waals surface area contributed by atoms with Gasteiger partial charge in [-0.05, 0) is 42.0 Å². The van der Waals surface area contributed by atoms with E-state index in [0.717, 1.165) is 17.3 Å². The van der Waals surface area contributed by atoms with Crippen molar-refractivity contribution in [3.05, 3.63) is 72.1 Å². The molecule has 3 aromatic rings. The second kappa shape index (κ2) is 12.5. The molecule has 0 aliphatic carbocycles. The lowest BCUT2D eigenvalue weighted by Gasteiger charge is -2.31. The smallest absolute Gasteiger partial charge is 0.240 e. The lowest BCUT2D eigenvalue weighted by Crippen LogP contribution is -2.48. The van der Waals surface area contributed by atoms with Crippen LogP contribution in [0.2, 0.25) is 0 Å². The van der Waals surface area contributed by atoms with Crippen LogP contribution >= 0.6 is 12.2 Å².